The Bertz CT molecular complexity index is 232. The van der Waals surface area contributed by atoms with Gasteiger partial charge in [0.1, 0.15) is 0 Å². The van der Waals surface area contributed by atoms with Gasteiger partial charge < -0.3 is 9.47 Å². The van der Waals surface area contributed by atoms with Crippen molar-refractivity contribution in [2.45, 2.75) is 95.3 Å². The fourth-order valence-electron chi connectivity index (χ4n) is 4.01. The predicted molar refractivity (Wildman–Crippen MR) is 99.4 cm³/mol. The second-order valence-electron chi connectivity index (χ2n) is 10.7. The van der Waals surface area contributed by atoms with Crippen LogP contribution in [0.15, 0.2) is 0 Å². The quantitative estimate of drug-likeness (QED) is 0.605. The van der Waals surface area contributed by atoms with Gasteiger partial charge in [-0.3, -0.25) is 0 Å². The largest absolute Gasteiger partial charge is 0.380 e. The lowest BCUT2D eigenvalue weighted by atomic mass is 9.74. The summed E-state index contributed by atoms with van der Waals surface area (Å²) in [5, 5.41) is 0. The Hall–Kier alpha value is -0.0800. The Morgan fingerprint density at radius 1 is 0.409 bits per heavy atom. The zero-order valence-corrected chi connectivity index (χ0v) is 18.0. The molecule has 0 aromatic carbocycles. The third-order valence-corrected chi connectivity index (χ3v) is 3.62. The van der Waals surface area contributed by atoms with Crippen LogP contribution in [0.2, 0.25) is 0 Å². The number of hydrogen-bond donors (Lipinski definition) is 0. The molecule has 136 valence electrons. The highest BCUT2D eigenvalue weighted by molar-refractivity contribution is 4.85. The number of hydrogen-bond acceptors (Lipinski definition) is 2. The molecule has 22 heavy (non-hydrogen) atoms. The first-order chi connectivity index (χ1) is 9.39. The second kappa shape index (κ2) is 8.15. The van der Waals surface area contributed by atoms with Crippen molar-refractivity contribution in [1.82, 2.24) is 0 Å². The van der Waals surface area contributed by atoms with E-state index in [4.69, 9.17) is 9.47 Å². The van der Waals surface area contributed by atoms with E-state index >= 15 is 0 Å². The van der Waals surface area contributed by atoms with Gasteiger partial charge in [0.15, 0.2) is 0 Å². The van der Waals surface area contributed by atoms with E-state index in [1.807, 2.05) is 0 Å². The molecule has 0 aromatic heterocycles. The van der Waals surface area contributed by atoms with Crippen LogP contribution >= 0.6 is 0 Å². The van der Waals surface area contributed by atoms with E-state index in [0.29, 0.717) is 12.2 Å². The lowest BCUT2D eigenvalue weighted by Crippen LogP contribution is -2.39. The van der Waals surface area contributed by atoms with Gasteiger partial charge in [-0.25, -0.2) is 0 Å². The molecule has 0 unspecified atom stereocenters. The van der Waals surface area contributed by atoms with E-state index in [2.05, 4.69) is 83.1 Å². The molecule has 0 amide bonds. The van der Waals surface area contributed by atoms with Crippen molar-refractivity contribution in [3.05, 3.63) is 0 Å². The van der Waals surface area contributed by atoms with E-state index < -0.39 is 0 Å². The molecular formula is C20H44O2. The summed E-state index contributed by atoms with van der Waals surface area (Å²) in [5.41, 5.74) is 0.917. The normalized spacial score (nSPS) is 14.2. The van der Waals surface area contributed by atoms with Crippen molar-refractivity contribution < 1.29 is 9.47 Å². The van der Waals surface area contributed by atoms with Crippen LogP contribution in [-0.2, 0) is 9.47 Å². The molecule has 0 saturated heterocycles. The van der Waals surface area contributed by atoms with Crippen molar-refractivity contribution >= 4 is 0 Å². The number of methoxy groups -OCH3 is 2. The van der Waals surface area contributed by atoms with E-state index in [9.17, 15) is 0 Å². The SMILES string of the molecule is COC(C(C)(C)C)C(C)(C)C.COC(C(C)(C)C)C(C)(C)C. The molecular weight excluding hydrogens is 272 g/mol. The average Bonchev–Trinajstić information content (AvgIpc) is 2.09. The van der Waals surface area contributed by atoms with Crippen LogP contribution in [0.25, 0.3) is 0 Å². The van der Waals surface area contributed by atoms with Crippen LogP contribution < -0.4 is 0 Å². The summed E-state index contributed by atoms with van der Waals surface area (Å²) in [5.74, 6) is 0. The first-order valence-corrected chi connectivity index (χ1v) is 8.44. The summed E-state index contributed by atoms with van der Waals surface area (Å²) in [6.45, 7) is 26.6. The molecule has 2 nitrogen and oxygen atoms in total. The number of ether oxygens (including phenoxy) is 2. The maximum absolute atomic E-state index is 5.48. The van der Waals surface area contributed by atoms with Crippen LogP contribution in [0.1, 0.15) is 83.1 Å². The van der Waals surface area contributed by atoms with E-state index in [0.717, 1.165) is 0 Å². The predicted octanol–water partition coefficient (Wildman–Crippen LogP) is 6.19. The minimum absolute atomic E-state index is 0.229. The summed E-state index contributed by atoms with van der Waals surface area (Å²) >= 11 is 0. The zero-order valence-electron chi connectivity index (χ0n) is 18.0. The van der Waals surface area contributed by atoms with Gasteiger partial charge in [-0.1, -0.05) is 83.1 Å². The van der Waals surface area contributed by atoms with Crippen molar-refractivity contribution in [1.29, 1.82) is 0 Å². The van der Waals surface area contributed by atoms with Gasteiger partial charge in [0.2, 0.25) is 0 Å². The maximum atomic E-state index is 5.48. The van der Waals surface area contributed by atoms with Crippen molar-refractivity contribution in [2.24, 2.45) is 21.7 Å². The zero-order chi connectivity index (χ0) is 18.6. The standard InChI is InChI=1S/2C10H22O/c2*1-9(2,3)8(11-7)10(4,5)6/h2*8H,1-7H3. The Balaban J connectivity index is 0. The molecule has 0 heterocycles. The van der Waals surface area contributed by atoms with Gasteiger partial charge in [-0.15, -0.1) is 0 Å². The van der Waals surface area contributed by atoms with Crippen molar-refractivity contribution in [3.8, 4) is 0 Å². The maximum Gasteiger partial charge on any atom is 0.0667 e. The van der Waals surface area contributed by atoms with Gasteiger partial charge in [0.05, 0.1) is 12.2 Å². The highest BCUT2D eigenvalue weighted by Crippen LogP contribution is 2.36. The summed E-state index contributed by atoms with van der Waals surface area (Å²) in [7, 11) is 3.59. The molecule has 0 aliphatic carbocycles. The van der Waals surface area contributed by atoms with Crippen LogP contribution in [0.4, 0.5) is 0 Å². The van der Waals surface area contributed by atoms with Crippen LogP contribution in [0, 0.1) is 21.7 Å². The first-order valence-electron chi connectivity index (χ1n) is 8.44. The average molecular weight is 317 g/mol. The van der Waals surface area contributed by atoms with Crippen molar-refractivity contribution in [3.63, 3.8) is 0 Å². The molecule has 0 saturated carbocycles. The Labute approximate surface area is 141 Å². The fourth-order valence-corrected chi connectivity index (χ4v) is 4.01. The van der Waals surface area contributed by atoms with E-state index in [-0.39, 0.29) is 21.7 Å². The van der Waals surface area contributed by atoms with Gasteiger partial charge >= 0.3 is 0 Å². The Kier molecular flexibility index (Phi) is 8.95. The van der Waals surface area contributed by atoms with Gasteiger partial charge in [0.25, 0.3) is 0 Å². The summed E-state index contributed by atoms with van der Waals surface area (Å²) in [4.78, 5) is 0. The van der Waals surface area contributed by atoms with Crippen LogP contribution in [-0.4, -0.2) is 26.4 Å². The molecule has 0 fully saturated rings. The molecule has 2 heteroatoms. The highest BCUT2D eigenvalue weighted by atomic mass is 16.5. The third kappa shape index (κ3) is 9.15. The molecule has 0 rings (SSSR count). The summed E-state index contributed by atoms with van der Waals surface area (Å²) in [6.07, 6.45) is 0.630. The van der Waals surface area contributed by atoms with Gasteiger partial charge in [0, 0.05) is 14.2 Å². The van der Waals surface area contributed by atoms with Gasteiger partial charge in [-0.2, -0.15) is 0 Å². The molecule has 0 bridgehead atoms. The molecule has 0 aromatic rings. The molecule has 0 spiro atoms. The van der Waals surface area contributed by atoms with E-state index in [1.165, 1.54) is 0 Å². The molecule has 0 aliphatic heterocycles. The van der Waals surface area contributed by atoms with Crippen LogP contribution in [0.5, 0.6) is 0 Å². The topological polar surface area (TPSA) is 18.5 Å². The lowest BCUT2D eigenvalue weighted by molar-refractivity contribution is -0.0562. The minimum atomic E-state index is 0.229. The monoisotopic (exact) mass is 316 g/mol. The molecule has 0 atom stereocenters. The van der Waals surface area contributed by atoms with Crippen LogP contribution in [0.3, 0.4) is 0 Å². The fraction of sp³-hybridized carbons (Fsp3) is 1.00. The molecule has 0 N–H and O–H groups in total. The first kappa shape index (κ1) is 24.2. The summed E-state index contributed by atoms with van der Waals surface area (Å²) in [6, 6.07) is 0. The number of rotatable bonds is 2. The smallest absolute Gasteiger partial charge is 0.0667 e. The summed E-state index contributed by atoms with van der Waals surface area (Å²) < 4.78 is 11.0. The third-order valence-electron chi connectivity index (χ3n) is 3.62. The van der Waals surface area contributed by atoms with Gasteiger partial charge in [-0.05, 0) is 21.7 Å². The minimum Gasteiger partial charge on any atom is -0.380 e. The molecule has 0 aliphatic rings. The van der Waals surface area contributed by atoms with E-state index in [1.54, 1.807) is 14.2 Å². The Morgan fingerprint density at radius 2 is 0.545 bits per heavy atom. The second-order valence-corrected chi connectivity index (χ2v) is 10.7. The molecule has 0 radical (unpaired) electrons. The lowest BCUT2D eigenvalue weighted by Gasteiger charge is -2.39. The Morgan fingerprint density at radius 3 is 0.545 bits per heavy atom. The van der Waals surface area contributed by atoms with Crippen molar-refractivity contribution in [2.75, 3.05) is 14.2 Å². The highest BCUT2D eigenvalue weighted by Gasteiger charge is 2.35.